The number of hydrogen-bond acceptors (Lipinski definition) is 2. The van der Waals surface area contributed by atoms with Crippen molar-refractivity contribution in [2.75, 3.05) is 0 Å². The van der Waals surface area contributed by atoms with Crippen molar-refractivity contribution in [3.05, 3.63) is 35.3 Å². The van der Waals surface area contributed by atoms with Crippen LogP contribution in [0.25, 0.3) is 0 Å². The van der Waals surface area contributed by atoms with Crippen LogP contribution in [0.3, 0.4) is 0 Å². The van der Waals surface area contributed by atoms with Crippen molar-refractivity contribution in [3.63, 3.8) is 0 Å². The Morgan fingerprint density at radius 1 is 1.21 bits per heavy atom. The molecule has 0 aliphatic heterocycles. The molecule has 0 bridgehead atoms. The van der Waals surface area contributed by atoms with Gasteiger partial charge in [0.2, 0.25) is 5.91 Å². The maximum atomic E-state index is 12.6. The maximum absolute atomic E-state index is 12.6. The van der Waals surface area contributed by atoms with Gasteiger partial charge in [0.25, 0.3) is 0 Å². The summed E-state index contributed by atoms with van der Waals surface area (Å²) in [6.07, 6.45) is 3.07. The average molecular weight is 335 g/mol. The molecule has 0 saturated heterocycles. The number of carbonyl (C=O) groups is 2. The lowest BCUT2D eigenvalue weighted by atomic mass is 9.76. The SMILES string of the molecule is [2H]c1c([2H])c(C[C@@H](NC(=O)[C@H]2CC[C@H](C(C)C)CC2)C(=O)O)c([2H])c([2H])c1C. The minimum Gasteiger partial charge on any atom is -0.480 e. The van der Waals surface area contributed by atoms with E-state index < -0.39 is 12.0 Å². The Morgan fingerprint density at radius 3 is 2.29 bits per heavy atom. The Kier molecular flexibility index (Phi) is 4.66. The van der Waals surface area contributed by atoms with Crippen LogP contribution in [-0.2, 0) is 16.0 Å². The van der Waals surface area contributed by atoms with Gasteiger partial charge in [0, 0.05) is 12.3 Å². The molecule has 1 aromatic carbocycles. The summed E-state index contributed by atoms with van der Waals surface area (Å²) in [5, 5.41) is 12.1. The highest BCUT2D eigenvalue weighted by Gasteiger charge is 2.30. The quantitative estimate of drug-likeness (QED) is 0.835. The number of hydrogen-bond donors (Lipinski definition) is 2. The summed E-state index contributed by atoms with van der Waals surface area (Å²) in [6.45, 7) is 5.84. The lowest BCUT2D eigenvalue weighted by molar-refractivity contribution is -0.142. The zero-order valence-electron chi connectivity index (χ0n) is 18.6. The first-order valence-electron chi connectivity index (χ1n) is 10.6. The molecule has 1 aliphatic carbocycles. The van der Waals surface area contributed by atoms with Crippen molar-refractivity contribution < 1.29 is 20.2 Å². The molecule has 0 radical (unpaired) electrons. The van der Waals surface area contributed by atoms with Crippen molar-refractivity contribution in [1.29, 1.82) is 0 Å². The molecule has 0 heterocycles. The second kappa shape index (κ2) is 8.32. The number of carboxylic acid groups (broad SMARTS) is 1. The second-order valence-corrected chi connectivity index (χ2v) is 7.06. The standard InChI is InChI=1S/C20H29NO3/c1-13(2)16-8-10-17(11-9-16)19(22)21-18(20(23)24)12-15-6-4-14(3)5-7-15/h4-7,13,16-18H,8-12H2,1-3H3,(H,21,22)(H,23,24)/t16-,17-,18-/m1/s1/i4D,5D,6D,7D. The van der Waals surface area contributed by atoms with Gasteiger partial charge in [-0.05, 0) is 50.0 Å². The fourth-order valence-electron chi connectivity index (χ4n) is 3.24. The van der Waals surface area contributed by atoms with Crippen LogP contribution in [0.15, 0.2) is 24.2 Å². The number of nitrogens with one attached hydrogen (secondary N) is 1. The molecule has 4 heteroatoms. The van der Waals surface area contributed by atoms with Gasteiger partial charge in [-0.25, -0.2) is 4.79 Å². The minimum atomic E-state index is -1.29. The van der Waals surface area contributed by atoms with E-state index in [0.29, 0.717) is 11.8 Å². The summed E-state index contributed by atoms with van der Waals surface area (Å²) in [6, 6.07) is -2.16. The average Bonchev–Trinajstić information content (AvgIpc) is 2.66. The fourth-order valence-corrected chi connectivity index (χ4v) is 3.24. The highest BCUT2D eigenvalue weighted by atomic mass is 16.4. The van der Waals surface area contributed by atoms with Crippen molar-refractivity contribution >= 4 is 11.9 Å². The smallest absolute Gasteiger partial charge is 0.326 e. The Hall–Kier alpha value is -1.84. The van der Waals surface area contributed by atoms with Crippen LogP contribution in [0, 0.1) is 24.7 Å². The molecule has 0 spiro atoms. The summed E-state index contributed by atoms with van der Waals surface area (Å²) < 4.78 is 31.9. The van der Waals surface area contributed by atoms with Crippen molar-refractivity contribution in [2.24, 2.45) is 17.8 Å². The lowest BCUT2D eigenvalue weighted by Crippen LogP contribution is -2.45. The van der Waals surface area contributed by atoms with E-state index in [1.165, 1.54) is 6.92 Å². The molecule has 1 saturated carbocycles. The number of benzene rings is 1. The van der Waals surface area contributed by atoms with Gasteiger partial charge in [0.05, 0.1) is 5.48 Å². The van der Waals surface area contributed by atoms with Gasteiger partial charge in [-0.3, -0.25) is 4.79 Å². The van der Waals surface area contributed by atoms with Gasteiger partial charge < -0.3 is 10.4 Å². The predicted octanol–water partition coefficient (Wildman–Crippen LogP) is 3.57. The van der Waals surface area contributed by atoms with E-state index in [1.54, 1.807) is 0 Å². The van der Waals surface area contributed by atoms with Gasteiger partial charge in [-0.15, -0.1) is 0 Å². The topological polar surface area (TPSA) is 66.4 Å². The van der Waals surface area contributed by atoms with Crippen LogP contribution < -0.4 is 5.32 Å². The highest BCUT2D eigenvalue weighted by molar-refractivity contribution is 5.85. The van der Waals surface area contributed by atoms with E-state index in [1.807, 2.05) is 0 Å². The number of aliphatic carboxylic acids is 1. The molecule has 2 rings (SSSR count). The molecule has 1 atom stereocenters. The van der Waals surface area contributed by atoms with Crippen LogP contribution in [0.5, 0.6) is 0 Å². The lowest BCUT2D eigenvalue weighted by Gasteiger charge is -2.30. The van der Waals surface area contributed by atoms with Crippen LogP contribution in [0.1, 0.15) is 56.1 Å². The minimum absolute atomic E-state index is 0.0109. The summed E-state index contributed by atoms with van der Waals surface area (Å²) in [5.74, 6) is -0.617. The summed E-state index contributed by atoms with van der Waals surface area (Å²) >= 11 is 0. The summed E-state index contributed by atoms with van der Waals surface area (Å²) in [7, 11) is 0. The maximum Gasteiger partial charge on any atom is 0.326 e. The molecular weight excluding hydrogens is 302 g/mol. The Bertz CT molecular complexity index is 729. The van der Waals surface area contributed by atoms with E-state index in [-0.39, 0.29) is 53.5 Å². The number of amides is 1. The van der Waals surface area contributed by atoms with Crippen molar-refractivity contribution in [3.8, 4) is 0 Å². The largest absolute Gasteiger partial charge is 0.480 e. The first-order valence-corrected chi connectivity index (χ1v) is 8.63. The molecule has 0 aromatic heterocycles. The van der Waals surface area contributed by atoms with E-state index in [2.05, 4.69) is 19.2 Å². The van der Waals surface area contributed by atoms with Gasteiger partial charge >= 0.3 is 5.97 Å². The van der Waals surface area contributed by atoms with Crippen molar-refractivity contribution in [2.45, 2.75) is 58.9 Å². The Morgan fingerprint density at radius 2 is 1.79 bits per heavy atom. The zero-order chi connectivity index (χ0) is 21.2. The van der Waals surface area contributed by atoms with Crippen LogP contribution in [0.4, 0.5) is 0 Å². The zero-order valence-corrected chi connectivity index (χ0v) is 14.6. The number of carbonyl (C=O) groups excluding carboxylic acids is 1. The molecule has 0 unspecified atom stereocenters. The van der Waals surface area contributed by atoms with Crippen molar-refractivity contribution in [1.82, 2.24) is 5.32 Å². The van der Waals surface area contributed by atoms with Gasteiger partial charge in [-0.1, -0.05) is 43.6 Å². The van der Waals surface area contributed by atoms with Crippen LogP contribution in [-0.4, -0.2) is 23.0 Å². The highest BCUT2D eigenvalue weighted by Crippen LogP contribution is 2.33. The van der Waals surface area contributed by atoms with Crippen LogP contribution in [0.2, 0.25) is 0 Å². The Labute approximate surface area is 150 Å². The first-order chi connectivity index (χ1) is 13.0. The van der Waals surface area contributed by atoms with E-state index in [4.69, 9.17) is 5.48 Å². The molecule has 24 heavy (non-hydrogen) atoms. The number of rotatable bonds is 6. The van der Waals surface area contributed by atoms with E-state index in [0.717, 1.165) is 25.7 Å². The van der Waals surface area contributed by atoms with Gasteiger partial charge in [0.15, 0.2) is 0 Å². The predicted molar refractivity (Wildman–Crippen MR) is 94.7 cm³/mol. The molecule has 4 nitrogen and oxygen atoms in total. The van der Waals surface area contributed by atoms with Gasteiger partial charge in [0.1, 0.15) is 6.04 Å². The second-order valence-electron chi connectivity index (χ2n) is 7.06. The fraction of sp³-hybridized carbons (Fsp3) is 0.600. The van der Waals surface area contributed by atoms with Gasteiger partial charge in [-0.2, -0.15) is 0 Å². The third kappa shape index (κ3) is 5.08. The van der Waals surface area contributed by atoms with E-state index >= 15 is 0 Å². The summed E-state index contributed by atoms with van der Waals surface area (Å²) in [5.41, 5.74) is 0.230. The normalized spacial score (nSPS) is 24.5. The monoisotopic (exact) mass is 335 g/mol. The molecule has 1 amide bonds. The third-order valence-corrected chi connectivity index (χ3v) is 4.91. The van der Waals surface area contributed by atoms with E-state index in [9.17, 15) is 14.7 Å². The molecule has 2 N–H and O–H groups in total. The molecule has 1 aliphatic rings. The molecule has 1 fully saturated rings. The first kappa shape index (κ1) is 13.5. The molecule has 132 valence electrons. The Balaban J connectivity index is 2.13. The summed E-state index contributed by atoms with van der Waals surface area (Å²) in [4.78, 5) is 24.3. The number of carboxylic acids is 1. The molecular formula is C20H29NO3. The third-order valence-electron chi connectivity index (χ3n) is 4.91. The molecule has 1 aromatic rings. The van der Waals surface area contributed by atoms with Crippen LogP contribution >= 0.6 is 0 Å².